The average Bonchev–Trinajstić information content (AvgIpc) is 2.83. The molecule has 0 aliphatic rings. The summed E-state index contributed by atoms with van der Waals surface area (Å²) in [6.45, 7) is 2.03. The molecule has 0 fully saturated rings. The van der Waals surface area contributed by atoms with Crippen LogP contribution in [0.15, 0.2) is 82.4 Å². The Morgan fingerprint density at radius 1 is 0.697 bits per heavy atom. The number of nitrogens with one attached hydrogen (secondary N) is 2. The highest BCUT2D eigenvalue weighted by Crippen LogP contribution is 2.41. The summed E-state index contributed by atoms with van der Waals surface area (Å²) in [5.74, 6) is -1.42. The number of aromatic amines is 2. The van der Waals surface area contributed by atoms with E-state index in [0.717, 1.165) is 12.0 Å². The van der Waals surface area contributed by atoms with Gasteiger partial charge in [-0.25, -0.2) is 0 Å². The molecule has 0 saturated heterocycles. The van der Waals surface area contributed by atoms with E-state index in [1.165, 1.54) is 0 Å². The number of pyridine rings is 2. The molecule has 0 saturated carbocycles. The lowest BCUT2D eigenvalue weighted by Crippen LogP contribution is -2.24. The van der Waals surface area contributed by atoms with Crippen molar-refractivity contribution in [2.75, 3.05) is 0 Å². The quantitative estimate of drug-likeness (QED) is 0.331. The standard InChI is InChI=1S/C27H22N2O4/c1-2-15-11-13-16(14-12-15)21(22-24(30)17-7-3-5-9-19(17)28-26(22)32)23-25(31)18-8-4-6-10-20(18)29-27(23)33/h3-14,21H,2H2,1H3,(H2,28,30,32)(H2,29,31,33). The van der Waals surface area contributed by atoms with Gasteiger partial charge in [0.1, 0.15) is 11.5 Å². The smallest absolute Gasteiger partial charge is 0.256 e. The molecular weight excluding hydrogens is 416 g/mol. The van der Waals surface area contributed by atoms with Crippen LogP contribution in [0, 0.1) is 0 Å². The second kappa shape index (κ2) is 7.98. The minimum atomic E-state index is -0.988. The molecular formula is C27H22N2O4. The molecule has 5 rings (SSSR count). The van der Waals surface area contributed by atoms with E-state index in [2.05, 4.69) is 9.97 Å². The van der Waals surface area contributed by atoms with Crippen molar-refractivity contribution in [3.63, 3.8) is 0 Å². The van der Waals surface area contributed by atoms with Crippen LogP contribution in [-0.4, -0.2) is 20.2 Å². The average molecular weight is 438 g/mol. The molecule has 0 aliphatic heterocycles. The number of aromatic nitrogens is 2. The summed E-state index contributed by atoms with van der Waals surface area (Å²) in [6, 6.07) is 21.3. The summed E-state index contributed by atoms with van der Waals surface area (Å²) in [6.07, 6.45) is 0.828. The van der Waals surface area contributed by atoms with Crippen LogP contribution in [0.25, 0.3) is 21.8 Å². The highest BCUT2D eigenvalue weighted by Gasteiger charge is 2.30. The summed E-state index contributed by atoms with van der Waals surface area (Å²) in [4.78, 5) is 32.1. The van der Waals surface area contributed by atoms with E-state index >= 15 is 0 Å². The third-order valence-electron chi connectivity index (χ3n) is 6.16. The number of rotatable bonds is 4. The Hall–Kier alpha value is -4.32. The number of H-pyrrole nitrogens is 2. The van der Waals surface area contributed by atoms with Gasteiger partial charge in [-0.05, 0) is 41.8 Å². The van der Waals surface area contributed by atoms with Gasteiger partial charge in [-0.2, -0.15) is 0 Å². The topological polar surface area (TPSA) is 106 Å². The maximum atomic E-state index is 13.2. The fourth-order valence-electron chi connectivity index (χ4n) is 4.44. The molecule has 0 radical (unpaired) electrons. The number of hydrogen-bond donors (Lipinski definition) is 4. The third-order valence-corrected chi connectivity index (χ3v) is 6.16. The Balaban J connectivity index is 1.89. The summed E-state index contributed by atoms with van der Waals surface area (Å²) < 4.78 is 0. The predicted octanol–water partition coefficient (Wildman–Crippen LogP) is 4.52. The molecule has 4 N–H and O–H groups in total. The lowest BCUT2D eigenvalue weighted by Gasteiger charge is -2.21. The molecule has 6 heteroatoms. The van der Waals surface area contributed by atoms with Gasteiger partial charge in [0.05, 0.1) is 28.1 Å². The number of benzene rings is 3. The Morgan fingerprint density at radius 3 is 1.61 bits per heavy atom. The number of fused-ring (bicyclic) bond motifs is 2. The number of hydrogen-bond acceptors (Lipinski definition) is 4. The Bertz CT molecular complexity index is 1520. The third kappa shape index (κ3) is 3.36. The Kier molecular flexibility index (Phi) is 4.98. The number of aromatic hydroxyl groups is 2. The summed E-state index contributed by atoms with van der Waals surface area (Å²) >= 11 is 0. The van der Waals surface area contributed by atoms with Crippen LogP contribution in [-0.2, 0) is 6.42 Å². The zero-order valence-electron chi connectivity index (χ0n) is 17.9. The van der Waals surface area contributed by atoms with Crippen molar-refractivity contribution in [1.29, 1.82) is 0 Å². The molecule has 2 aromatic heterocycles. The molecule has 5 aromatic rings. The SMILES string of the molecule is CCc1ccc(C(c2c(O)c3ccccc3[nH]c2=O)c2c(O)c3ccccc3[nH]c2=O)cc1. The van der Waals surface area contributed by atoms with E-state index in [1.807, 2.05) is 31.2 Å². The van der Waals surface area contributed by atoms with Gasteiger partial charge in [0.25, 0.3) is 11.1 Å². The van der Waals surface area contributed by atoms with E-state index < -0.39 is 17.0 Å². The summed E-state index contributed by atoms with van der Waals surface area (Å²) in [7, 11) is 0. The zero-order valence-corrected chi connectivity index (χ0v) is 17.9. The number of aryl methyl sites for hydroxylation is 1. The van der Waals surface area contributed by atoms with Crippen LogP contribution >= 0.6 is 0 Å². The zero-order chi connectivity index (χ0) is 23.1. The second-order valence-electron chi connectivity index (χ2n) is 8.05. The van der Waals surface area contributed by atoms with Crippen LogP contribution < -0.4 is 11.1 Å². The van der Waals surface area contributed by atoms with Crippen LogP contribution in [0.5, 0.6) is 11.5 Å². The first-order chi connectivity index (χ1) is 16.0. The van der Waals surface area contributed by atoms with Crippen LogP contribution in [0.3, 0.4) is 0 Å². The van der Waals surface area contributed by atoms with Gasteiger partial charge < -0.3 is 20.2 Å². The molecule has 0 amide bonds. The Morgan fingerprint density at radius 2 is 1.15 bits per heavy atom. The van der Waals surface area contributed by atoms with Gasteiger partial charge in [-0.1, -0.05) is 55.5 Å². The highest BCUT2D eigenvalue weighted by atomic mass is 16.3. The molecule has 3 aromatic carbocycles. The van der Waals surface area contributed by atoms with E-state index in [9.17, 15) is 19.8 Å². The van der Waals surface area contributed by atoms with Crippen molar-refractivity contribution in [2.24, 2.45) is 0 Å². The molecule has 0 atom stereocenters. The lowest BCUT2D eigenvalue weighted by molar-refractivity contribution is 0.462. The molecule has 33 heavy (non-hydrogen) atoms. The minimum Gasteiger partial charge on any atom is -0.507 e. The Labute approximate surface area is 188 Å². The summed E-state index contributed by atoms with van der Waals surface area (Å²) in [5, 5.41) is 23.3. The van der Waals surface area contributed by atoms with Gasteiger partial charge in [-0.15, -0.1) is 0 Å². The molecule has 6 nitrogen and oxygen atoms in total. The monoisotopic (exact) mass is 438 g/mol. The van der Waals surface area contributed by atoms with Crippen molar-refractivity contribution in [3.8, 4) is 11.5 Å². The van der Waals surface area contributed by atoms with Gasteiger partial charge in [-0.3, -0.25) is 9.59 Å². The first-order valence-corrected chi connectivity index (χ1v) is 10.8. The maximum absolute atomic E-state index is 13.2. The lowest BCUT2D eigenvalue weighted by atomic mass is 9.83. The molecule has 0 bridgehead atoms. The maximum Gasteiger partial charge on any atom is 0.256 e. The molecule has 0 spiro atoms. The van der Waals surface area contributed by atoms with Gasteiger partial charge in [0.2, 0.25) is 0 Å². The fraction of sp³-hybridized carbons (Fsp3) is 0.111. The molecule has 0 aliphatic carbocycles. The second-order valence-corrected chi connectivity index (χ2v) is 8.05. The normalized spacial score (nSPS) is 11.5. The molecule has 0 unspecified atom stereocenters. The van der Waals surface area contributed by atoms with Crippen LogP contribution in [0.4, 0.5) is 0 Å². The first kappa shape index (κ1) is 20.6. The van der Waals surface area contributed by atoms with Crippen LogP contribution in [0.1, 0.15) is 35.1 Å². The largest absolute Gasteiger partial charge is 0.507 e. The van der Waals surface area contributed by atoms with Crippen molar-refractivity contribution in [3.05, 3.63) is 116 Å². The molecule has 164 valence electrons. The predicted molar refractivity (Wildman–Crippen MR) is 129 cm³/mol. The van der Waals surface area contributed by atoms with Gasteiger partial charge in [0.15, 0.2) is 0 Å². The summed E-state index contributed by atoms with van der Waals surface area (Å²) in [5.41, 5.74) is 1.64. The van der Waals surface area contributed by atoms with Crippen molar-refractivity contribution >= 4 is 21.8 Å². The van der Waals surface area contributed by atoms with E-state index in [1.54, 1.807) is 48.5 Å². The van der Waals surface area contributed by atoms with E-state index in [-0.39, 0.29) is 22.6 Å². The minimum absolute atomic E-state index is 0.00836. The van der Waals surface area contributed by atoms with Gasteiger partial charge in [0, 0.05) is 10.8 Å². The van der Waals surface area contributed by atoms with E-state index in [0.29, 0.717) is 27.4 Å². The van der Waals surface area contributed by atoms with Crippen molar-refractivity contribution < 1.29 is 10.2 Å². The first-order valence-electron chi connectivity index (χ1n) is 10.8. The van der Waals surface area contributed by atoms with Gasteiger partial charge >= 0.3 is 0 Å². The highest BCUT2D eigenvalue weighted by molar-refractivity contribution is 5.88. The van der Waals surface area contributed by atoms with Crippen molar-refractivity contribution in [2.45, 2.75) is 19.3 Å². The van der Waals surface area contributed by atoms with Crippen molar-refractivity contribution in [1.82, 2.24) is 9.97 Å². The molecule has 2 heterocycles. The van der Waals surface area contributed by atoms with Crippen LogP contribution in [0.2, 0.25) is 0 Å². The van der Waals surface area contributed by atoms with E-state index in [4.69, 9.17) is 0 Å². The number of para-hydroxylation sites is 2. The fourth-order valence-corrected chi connectivity index (χ4v) is 4.44.